The van der Waals surface area contributed by atoms with E-state index in [0.29, 0.717) is 28.3 Å². The molecule has 19 heavy (non-hydrogen) atoms. The van der Waals surface area contributed by atoms with Crippen LogP contribution in [-0.4, -0.2) is 10.8 Å². The zero-order valence-corrected chi connectivity index (χ0v) is 11.1. The Kier molecular flexibility index (Phi) is 3.01. The molecule has 0 radical (unpaired) electrons. The molecule has 1 aromatic carbocycles. The van der Waals surface area contributed by atoms with Gasteiger partial charge < -0.3 is 10.2 Å². The van der Waals surface area contributed by atoms with E-state index in [-0.39, 0.29) is 5.78 Å². The molecule has 0 aliphatic heterocycles. The Morgan fingerprint density at radius 1 is 1.32 bits per heavy atom. The zero-order chi connectivity index (χ0) is 13.4. The number of hydrogen-bond acceptors (Lipinski definition) is 4. The van der Waals surface area contributed by atoms with Gasteiger partial charge in [0, 0.05) is 11.6 Å². The maximum absolute atomic E-state index is 11.7. The fraction of sp³-hybridized carbons (Fsp3) is 0.467. The third-order valence-corrected chi connectivity index (χ3v) is 3.86. The van der Waals surface area contributed by atoms with Gasteiger partial charge in [-0.2, -0.15) is 0 Å². The molecule has 2 aromatic rings. The molecule has 0 bridgehead atoms. The van der Waals surface area contributed by atoms with E-state index in [1.165, 1.54) is 26.2 Å². The van der Waals surface area contributed by atoms with Crippen LogP contribution < -0.4 is 5.73 Å². The Morgan fingerprint density at radius 3 is 2.74 bits per heavy atom. The van der Waals surface area contributed by atoms with Crippen LogP contribution in [0.3, 0.4) is 0 Å². The molecule has 0 atom stereocenters. The van der Waals surface area contributed by atoms with Crippen molar-refractivity contribution >= 4 is 22.6 Å². The molecule has 100 valence electrons. The minimum atomic E-state index is -0.0383. The SMILES string of the molecule is CC(=O)c1cc(N)cc2nc(C3CCCCC3)oc12. The number of oxazole rings is 1. The van der Waals surface area contributed by atoms with Crippen molar-refractivity contribution in [3.63, 3.8) is 0 Å². The summed E-state index contributed by atoms with van der Waals surface area (Å²) in [7, 11) is 0. The van der Waals surface area contributed by atoms with E-state index in [2.05, 4.69) is 4.98 Å². The van der Waals surface area contributed by atoms with Gasteiger partial charge in [0.15, 0.2) is 17.3 Å². The number of aromatic nitrogens is 1. The number of benzene rings is 1. The quantitative estimate of drug-likeness (QED) is 0.659. The molecule has 1 aromatic heterocycles. The summed E-state index contributed by atoms with van der Waals surface area (Å²) in [6.45, 7) is 1.52. The summed E-state index contributed by atoms with van der Waals surface area (Å²) in [6, 6.07) is 3.44. The molecule has 1 fully saturated rings. The molecular formula is C15H18N2O2. The number of carbonyl (C=O) groups is 1. The summed E-state index contributed by atoms with van der Waals surface area (Å²) >= 11 is 0. The first-order valence-corrected chi connectivity index (χ1v) is 6.86. The van der Waals surface area contributed by atoms with E-state index in [0.717, 1.165) is 18.7 Å². The summed E-state index contributed by atoms with van der Waals surface area (Å²) in [5, 5.41) is 0. The number of ketones is 1. The number of carbonyl (C=O) groups excluding carboxylic acids is 1. The molecule has 1 aliphatic rings. The van der Waals surface area contributed by atoms with Crippen molar-refractivity contribution < 1.29 is 9.21 Å². The third-order valence-electron chi connectivity index (χ3n) is 3.86. The molecule has 2 N–H and O–H groups in total. The van der Waals surface area contributed by atoms with Crippen molar-refractivity contribution in [2.45, 2.75) is 44.9 Å². The van der Waals surface area contributed by atoms with Gasteiger partial charge in [0.05, 0.1) is 5.56 Å². The van der Waals surface area contributed by atoms with E-state index < -0.39 is 0 Å². The number of nitrogens with two attached hydrogens (primary N) is 1. The van der Waals surface area contributed by atoms with Gasteiger partial charge in [-0.15, -0.1) is 0 Å². The number of Topliss-reactive ketones (excluding diaryl/α,β-unsaturated/α-hetero) is 1. The van der Waals surface area contributed by atoms with E-state index in [1.807, 2.05) is 0 Å². The van der Waals surface area contributed by atoms with Gasteiger partial charge in [-0.25, -0.2) is 4.98 Å². The van der Waals surface area contributed by atoms with Gasteiger partial charge in [-0.1, -0.05) is 19.3 Å². The highest BCUT2D eigenvalue weighted by molar-refractivity contribution is 6.05. The van der Waals surface area contributed by atoms with Gasteiger partial charge >= 0.3 is 0 Å². The first-order chi connectivity index (χ1) is 9.15. The lowest BCUT2D eigenvalue weighted by Gasteiger charge is -2.17. The van der Waals surface area contributed by atoms with Gasteiger partial charge in [-0.3, -0.25) is 4.79 Å². The molecule has 4 nitrogen and oxygen atoms in total. The van der Waals surface area contributed by atoms with E-state index >= 15 is 0 Å². The molecule has 0 unspecified atom stereocenters. The fourth-order valence-corrected chi connectivity index (χ4v) is 2.86. The summed E-state index contributed by atoms with van der Waals surface area (Å²) < 4.78 is 5.87. The van der Waals surface area contributed by atoms with Crippen molar-refractivity contribution in [3.8, 4) is 0 Å². The number of rotatable bonds is 2. The lowest BCUT2D eigenvalue weighted by Crippen LogP contribution is -2.04. The third kappa shape index (κ3) is 2.23. The molecular weight excluding hydrogens is 240 g/mol. The molecule has 3 rings (SSSR count). The normalized spacial score (nSPS) is 16.9. The van der Waals surface area contributed by atoms with Crippen LogP contribution >= 0.6 is 0 Å². The number of anilines is 1. The van der Waals surface area contributed by atoms with Crippen molar-refractivity contribution in [2.75, 3.05) is 5.73 Å². The molecule has 4 heteroatoms. The van der Waals surface area contributed by atoms with Crippen molar-refractivity contribution in [2.24, 2.45) is 0 Å². The molecule has 0 spiro atoms. The zero-order valence-electron chi connectivity index (χ0n) is 11.1. The van der Waals surface area contributed by atoms with Crippen LogP contribution in [0, 0.1) is 0 Å². The van der Waals surface area contributed by atoms with Crippen LogP contribution in [0.4, 0.5) is 5.69 Å². The van der Waals surface area contributed by atoms with Crippen LogP contribution in [0.2, 0.25) is 0 Å². The van der Waals surface area contributed by atoms with Gasteiger partial charge in [-0.05, 0) is 31.9 Å². The number of nitrogen functional groups attached to an aromatic ring is 1. The number of nitrogens with zero attached hydrogens (tertiary/aromatic N) is 1. The summed E-state index contributed by atoms with van der Waals surface area (Å²) in [5.74, 6) is 1.12. The lowest BCUT2D eigenvalue weighted by atomic mass is 9.89. The molecule has 0 saturated heterocycles. The standard InChI is InChI=1S/C15H18N2O2/c1-9(18)12-7-11(16)8-13-14(12)19-15(17-13)10-5-3-2-4-6-10/h7-8,10H,2-6,16H2,1H3. The highest BCUT2D eigenvalue weighted by atomic mass is 16.3. The summed E-state index contributed by atoms with van der Waals surface area (Å²) in [5.41, 5.74) is 8.19. The minimum absolute atomic E-state index is 0.0383. The average Bonchev–Trinajstić information content (AvgIpc) is 2.82. The Hall–Kier alpha value is -1.84. The van der Waals surface area contributed by atoms with Crippen LogP contribution in [0.5, 0.6) is 0 Å². The minimum Gasteiger partial charge on any atom is -0.440 e. The van der Waals surface area contributed by atoms with Gasteiger partial charge in [0.2, 0.25) is 0 Å². The van der Waals surface area contributed by atoms with Gasteiger partial charge in [0.1, 0.15) is 5.52 Å². The Morgan fingerprint density at radius 2 is 2.05 bits per heavy atom. The van der Waals surface area contributed by atoms with Crippen LogP contribution in [0.1, 0.15) is 61.2 Å². The van der Waals surface area contributed by atoms with Crippen molar-refractivity contribution in [3.05, 3.63) is 23.6 Å². The summed E-state index contributed by atoms with van der Waals surface area (Å²) in [6.07, 6.45) is 5.99. The molecule has 1 aliphatic carbocycles. The smallest absolute Gasteiger partial charge is 0.198 e. The second-order valence-corrected chi connectivity index (χ2v) is 5.36. The monoisotopic (exact) mass is 258 g/mol. The number of fused-ring (bicyclic) bond motifs is 1. The topological polar surface area (TPSA) is 69.1 Å². The molecule has 1 saturated carbocycles. The Balaban J connectivity index is 2.09. The molecule has 1 heterocycles. The van der Waals surface area contributed by atoms with Crippen molar-refractivity contribution in [1.82, 2.24) is 4.98 Å². The summed E-state index contributed by atoms with van der Waals surface area (Å²) in [4.78, 5) is 16.2. The lowest BCUT2D eigenvalue weighted by molar-refractivity contribution is 0.101. The predicted molar refractivity (Wildman–Crippen MR) is 74.3 cm³/mol. The van der Waals surface area contributed by atoms with E-state index in [9.17, 15) is 4.79 Å². The highest BCUT2D eigenvalue weighted by Gasteiger charge is 2.22. The van der Waals surface area contributed by atoms with E-state index in [1.54, 1.807) is 12.1 Å². The van der Waals surface area contributed by atoms with Crippen LogP contribution in [-0.2, 0) is 0 Å². The second-order valence-electron chi connectivity index (χ2n) is 5.36. The Labute approximate surface area is 112 Å². The van der Waals surface area contributed by atoms with Crippen LogP contribution in [0.15, 0.2) is 16.5 Å². The largest absolute Gasteiger partial charge is 0.440 e. The second kappa shape index (κ2) is 4.68. The van der Waals surface area contributed by atoms with Gasteiger partial charge in [0.25, 0.3) is 0 Å². The fourth-order valence-electron chi connectivity index (χ4n) is 2.86. The first kappa shape index (κ1) is 12.2. The Bertz CT molecular complexity index is 624. The molecule has 0 amide bonds. The van der Waals surface area contributed by atoms with Crippen molar-refractivity contribution in [1.29, 1.82) is 0 Å². The number of hydrogen-bond donors (Lipinski definition) is 1. The average molecular weight is 258 g/mol. The maximum Gasteiger partial charge on any atom is 0.198 e. The maximum atomic E-state index is 11.7. The highest BCUT2D eigenvalue weighted by Crippen LogP contribution is 2.35. The predicted octanol–water partition coefficient (Wildman–Crippen LogP) is 3.66. The first-order valence-electron chi connectivity index (χ1n) is 6.86. The van der Waals surface area contributed by atoms with E-state index in [4.69, 9.17) is 10.2 Å². The van der Waals surface area contributed by atoms with Crippen LogP contribution in [0.25, 0.3) is 11.1 Å².